The average Bonchev–Trinajstić information content (AvgIpc) is 2.74. The van der Waals surface area contributed by atoms with E-state index in [1.54, 1.807) is 11.6 Å². The molecule has 2 N–H and O–H groups in total. The number of aliphatic hydroxyl groups is 1. The maximum absolute atomic E-state index is 11.8. The van der Waals surface area contributed by atoms with E-state index < -0.39 is 6.09 Å². The van der Waals surface area contributed by atoms with Gasteiger partial charge in [0, 0.05) is 0 Å². The number of hydrogen-bond acceptors (Lipinski definition) is 4. The van der Waals surface area contributed by atoms with Crippen molar-refractivity contribution in [1.29, 1.82) is 0 Å². The van der Waals surface area contributed by atoms with Crippen LogP contribution in [0.15, 0.2) is 30.3 Å². The lowest BCUT2D eigenvalue weighted by Gasteiger charge is -2.08. The summed E-state index contributed by atoms with van der Waals surface area (Å²) in [5.74, 6) is 0. The minimum absolute atomic E-state index is 0.000145. The number of aliphatic hydroxyl groups excluding tert-OH is 1. The fraction of sp³-hybridized carbons (Fsp3) is 0.333. The first-order valence-electron chi connectivity index (χ1n) is 6.74. The summed E-state index contributed by atoms with van der Waals surface area (Å²) in [6, 6.07) is 9.48. The molecule has 1 aromatic carbocycles. The molecule has 0 fully saturated rings. The fourth-order valence-electron chi connectivity index (χ4n) is 2.05. The summed E-state index contributed by atoms with van der Waals surface area (Å²) in [5, 5.41) is 15.9. The molecule has 0 radical (unpaired) electrons. The molecule has 0 unspecified atom stereocenters. The number of amides is 1. The minimum Gasteiger partial charge on any atom is -0.444 e. The summed E-state index contributed by atoms with van der Waals surface area (Å²) >= 11 is 0. The zero-order valence-electron chi connectivity index (χ0n) is 12.2. The number of benzene rings is 1. The molecule has 0 aliphatic heterocycles. The Hall–Kier alpha value is -2.34. The molecule has 1 aromatic heterocycles. The zero-order chi connectivity index (χ0) is 15.2. The molecule has 1 heterocycles. The van der Waals surface area contributed by atoms with E-state index in [2.05, 4.69) is 10.4 Å². The van der Waals surface area contributed by atoms with E-state index in [0.29, 0.717) is 17.9 Å². The van der Waals surface area contributed by atoms with Gasteiger partial charge in [0.1, 0.15) is 6.61 Å². The summed E-state index contributed by atoms with van der Waals surface area (Å²) in [6.45, 7) is 4.25. The summed E-state index contributed by atoms with van der Waals surface area (Å²) in [6.07, 6.45) is -0.520. The number of rotatable bonds is 5. The van der Waals surface area contributed by atoms with Crippen LogP contribution in [-0.4, -0.2) is 27.6 Å². The lowest BCUT2D eigenvalue weighted by molar-refractivity contribution is 0.155. The molecule has 0 aliphatic carbocycles. The second-order valence-electron chi connectivity index (χ2n) is 4.68. The first-order valence-corrected chi connectivity index (χ1v) is 6.74. The number of nitrogens with zero attached hydrogens (tertiary/aromatic N) is 2. The molecular weight excluding hydrogens is 270 g/mol. The molecule has 0 atom stereocenters. The van der Waals surface area contributed by atoms with Crippen LogP contribution in [0.2, 0.25) is 0 Å². The van der Waals surface area contributed by atoms with Gasteiger partial charge in [-0.3, -0.25) is 10.00 Å². The standard InChI is InChI=1S/C15H19N3O3/c1-11-14(12(2)18(17-11)8-9-19)16-15(20)21-10-13-6-4-3-5-7-13/h3-7,19H,8-10H2,1-2H3,(H,16,20). The van der Waals surface area contributed by atoms with E-state index in [0.717, 1.165) is 11.3 Å². The number of aryl methyl sites for hydroxylation is 1. The van der Waals surface area contributed by atoms with Gasteiger partial charge in [0.15, 0.2) is 0 Å². The Morgan fingerprint density at radius 3 is 2.71 bits per heavy atom. The zero-order valence-corrected chi connectivity index (χ0v) is 12.2. The Kier molecular flexibility index (Phi) is 4.94. The molecule has 6 nitrogen and oxygen atoms in total. The molecule has 2 aromatic rings. The number of nitrogens with one attached hydrogen (secondary N) is 1. The number of ether oxygens (including phenoxy) is 1. The summed E-state index contributed by atoms with van der Waals surface area (Å²) in [5.41, 5.74) is 3.04. The van der Waals surface area contributed by atoms with Gasteiger partial charge in [-0.05, 0) is 19.4 Å². The maximum atomic E-state index is 11.8. The number of anilines is 1. The van der Waals surface area contributed by atoms with E-state index in [-0.39, 0.29) is 13.2 Å². The van der Waals surface area contributed by atoms with Gasteiger partial charge in [0.25, 0.3) is 0 Å². The van der Waals surface area contributed by atoms with Gasteiger partial charge in [-0.15, -0.1) is 0 Å². The third-order valence-electron chi connectivity index (χ3n) is 3.13. The molecule has 0 saturated carbocycles. The van der Waals surface area contributed by atoms with Crippen LogP contribution in [0.3, 0.4) is 0 Å². The normalized spacial score (nSPS) is 10.4. The van der Waals surface area contributed by atoms with Crippen LogP contribution in [0.5, 0.6) is 0 Å². The van der Waals surface area contributed by atoms with Crippen molar-refractivity contribution in [2.45, 2.75) is 27.0 Å². The highest BCUT2D eigenvalue weighted by molar-refractivity contribution is 5.86. The molecule has 21 heavy (non-hydrogen) atoms. The second-order valence-corrected chi connectivity index (χ2v) is 4.68. The van der Waals surface area contributed by atoms with E-state index in [4.69, 9.17) is 9.84 Å². The monoisotopic (exact) mass is 289 g/mol. The molecule has 6 heteroatoms. The minimum atomic E-state index is -0.520. The van der Waals surface area contributed by atoms with Gasteiger partial charge in [0.2, 0.25) is 0 Å². The van der Waals surface area contributed by atoms with Crippen LogP contribution in [0, 0.1) is 13.8 Å². The van der Waals surface area contributed by atoms with Crippen molar-refractivity contribution in [3.63, 3.8) is 0 Å². The van der Waals surface area contributed by atoms with Gasteiger partial charge in [-0.25, -0.2) is 4.79 Å². The van der Waals surface area contributed by atoms with Crippen molar-refractivity contribution in [3.05, 3.63) is 47.3 Å². The van der Waals surface area contributed by atoms with Crippen molar-refractivity contribution < 1.29 is 14.6 Å². The van der Waals surface area contributed by atoms with Crippen molar-refractivity contribution in [2.75, 3.05) is 11.9 Å². The smallest absolute Gasteiger partial charge is 0.412 e. The van der Waals surface area contributed by atoms with Crippen molar-refractivity contribution >= 4 is 11.8 Å². The maximum Gasteiger partial charge on any atom is 0.412 e. The topological polar surface area (TPSA) is 76.4 Å². The Balaban J connectivity index is 1.96. The Bertz CT molecular complexity index is 608. The van der Waals surface area contributed by atoms with Crippen LogP contribution >= 0.6 is 0 Å². The summed E-state index contributed by atoms with van der Waals surface area (Å²) < 4.78 is 6.83. The van der Waals surface area contributed by atoms with Gasteiger partial charge in [-0.2, -0.15) is 5.10 Å². The predicted octanol–water partition coefficient (Wildman–Crippen LogP) is 2.24. The van der Waals surface area contributed by atoms with Crippen LogP contribution in [0.1, 0.15) is 17.0 Å². The molecule has 0 bridgehead atoms. The highest BCUT2D eigenvalue weighted by Gasteiger charge is 2.14. The lowest BCUT2D eigenvalue weighted by Crippen LogP contribution is -2.15. The average molecular weight is 289 g/mol. The first-order chi connectivity index (χ1) is 10.1. The third kappa shape index (κ3) is 3.82. The van der Waals surface area contributed by atoms with E-state index in [1.807, 2.05) is 37.3 Å². The van der Waals surface area contributed by atoms with Gasteiger partial charge < -0.3 is 9.84 Å². The van der Waals surface area contributed by atoms with Gasteiger partial charge in [0.05, 0.1) is 30.2 Å². The molecule has 0 saturated heterocycles. The summed E-state index contributed by atoms with van der Waals surface area (Å²) in [4.78, 5) is 11.8. The first kappa shape index (κ1) is 15.1. The van der Waals surface area contributed by atoms with Crippen LogP contribution in [0.4, 0.5) is 10.5 Å². The Labute approximate surface area is 123 Å². The molecular formula is C15H19N3O3. The Morgan fingerprint density at radius 2 is 2.05 bits per heavy atom. The highest BCUT2D eigenvalue weighted by Crippen LogP contribution is 2.19. The molecule has 1 amide bonds. The lowest BCUT2D eigenvalue weighted by atomic mass is 10.2. The molecule has 0 aliphatic rings. The van der Waals surface area contributed by atoms with E-state index in [9.17, 15) is 4.79 Å². The van der Waals surface area contributed by atoms with E-state index in [1.165, 1.54) is 0 Å². The quantitative estimate of drug-likeness (QED) is 0.885. The number of carbonyl (C=O) groups excluding carboxylic acids is 1. The van der Waals surface area contributed by atoms with Crippen LogP contribution < -0.4 is 5.32 Å². The van der Waals surface area contributed by atoms with Gasteiger partial charge in [-0.1, -0.05) is 30.3 Å². The van der Waals surface area contributed by atoms with E-state index >= 15 is 0 Å². The Morgan fingerprint density at radius 1 is 1.33 bits per heavy atom. The van der Waals surface area contributed by atoms with Crippen molar-refractivity contribution in [1.82, 2.24) is 9.78 Å². The predicted molar refractivity (Wildman–Crippen MR) is 79.0 cm³/mol. The van der Waals surface area contributed by atoms with Crippen LogP contribution in [-0.2, 0) is 17.9 Å². The van der Waals surface area contributed by atoms with Gasteiger partial charge >= 0.3 is 6.09 Å². The van der Waals surface area contributed by atoms with Crippen molar-refractivity contribution in [3.8, 4) is 0 Å². The number of hydrogen-bond donors (Lipinski definition) is 2. The third-order valence-corrected chi connectivity index (χ3v) is 3.13. The largest absolute Gasteiger partial charge is 0.444 e. The SMILES string of the molecule is Cc1nn(CCO)c(C)c1NC(=O)OCc1ccccc1. The molecule has 2 rings (SSSR count). The molecule has 112 valence electrons. The fourth-order valence-corrected chi connectivity index (χ4v) is 2.05. The van der Waals surface area contributed by atoms with Crippen LogP contribution in [0.25, 0.3) is 0 Å². The molecule has 0 spiro atoms. The number of carbonyl (C=O) groups is 1. The highest BCUT2D eigenvalue weighted by atomic mass is 16.5. The number of aromatic nitrogens is 2. The second kappa shape index (κ2) is 6.90. The van der Waals surface area contributed by atoms with Crippen molar-refractivity contribution in [2.24, 2.45) is 0 Å². The summed E-state index contributed by atoms with van der Waals surface area (Å²) in [7, 11) is 0.